The van der Waals surface area contributed by atoms with Crippen LogP contribution in [0.3, 0.4) is 0 Å². The maximum absolute atomic E-state index is 13.9. The van der Waals surface area contributed by atoms with E-state index in [9.17, 15) is 9.18 Å². The Hall–Kier alpha value is -2.36. The fourth-order valence-corrected chi connectivity index (χ4v) is 1.94. The van der Waals surface area contributed by atoms with Crippen LogP contribution in [-0.4, -0.2) is 20.0 Å². The van der Waals surface area contributed by atoms with Crippen molar-refractivity contribution in [2.75, 3.05) is 14.2 Å². The number of methoxy groups -OCH3 is 2. The lowest BCUT2D eigenvalue weighted by molar-refractivity contribution is 0.103. The number of ether oxygens (including phenoxy) is 2. The van der Waals surface area contributed by atoms with Gasteiger partial charge in [-0.2, -0.15) is 0 Å². The number of halogens is 1. The average Bonchev–Trinajstić information content (AvgIpc) is 2.46. The Labute approximate surface area is 117 Å². The maximum Gasteiger partial charge on any atom is 0.199 e. The van der Waals surface area contributed by atoms with E-state index in [1.165, 1.54) is 26.4 Å². The number of benzene rings is 2. The molecule has 0 aliphatic heterocycles. The van der Waals surface area contributed by atoms with Gasteiger partial charge in [0.25, 0.3) is 0 Å². The number of carbonyl (C=O) groups is 1. The van der Waals surface area contributed by atoms with Gasteiger partial charge in [0.1, 0.15) is 17.3 Å². The summed E-state index contributed by atoms with van der Waals surface area (Å²) < 4.78 is 24.1. The second kappa shape index (κ2) is 5.74. The molecule has 0 radical (unpaired) electrons. The van der Waals surface area contributed by atoms with Crippen molar-refractivity contribution in [1.82, 2.24) is 0 Å². The number of carbonyl (C=O) groups excluding carboxylic acids is 1. The molecular formula is C16H15FO3. The number of rotatable bonds is 4. The fraction of sp³-hybridized carbons (Fsp3) is 0.188. The standard InChI is InChI=1S/C16H15FO3/c1-10-4-6-13(15(8-10)20-3)16(18)12-7-5-11(19-2)9-14(12)17/h4-9H,1-3H3. The van der Waals surface area contributed by atoms with E-state index in [1.807, 2.05) is 6.92 Å². The molecule has 0 spiro atoms. The van der Waals surface area contributed by atoms with Gasteiger partial charge >= 0.3 is 0 Å². The molecule has 0 fully saturated rings. The van der Waals surface area contributed by atoms with Crippen LogP contribution in [0.1, 0.15) is 21.5 Å². The van der Waals surface area contributed by atoms with Crippen molar-refractivity contribution in [3.63, 3.8) is 0 Å². The molecule has 0 aliphatic rings. The van der Waals surface area contributed by atoms with E-state index in [0.29, 0.717) is 17.1 Å². The second-order valence-corrected chi connectivity index (χ2v) is 4.38. The summed E-state index contributed by atoms with van der Waals surface area (Å²) in [7, 11) is 2.93. The zero-order valence-electron chi connectivity index (χ0n) is 11.6. The molecule has 3 nitrogen and oxygen atoms in total. The lowest BCUT2D eigenvalue weighted by Crippen LogP contribution is -2.06. The van der Waals surface area contributed by atoms with Crippen LogP contribution < -0.4 is 9.47 Å². The summed E-state index contributed by atoms with van der Waals surface area (Å²) in [4.78, 5) is 12.4. The van der Waals surface area contributed by atoms with E-state index in [-0.39, 0.29) is 5.56 Å². The van der Waals surface area contributed by atoms with Gasteiger partial charge in [-0.1, -0.05) is 6.07 Å². The van der Waals surface area contributed by atoms with Crippen LogP contribution in [0, 0.1) is 12.7 Å². The molecule has 0 saturated heterocycles. The van der Waals surface area contributed by atoms with Gasteiger partial charge in [-0.25, -0.2) is 4.39 Å². The van der Waals surface area contributed by atoms with Gasteiger partial charge in [-0.15, -0.1) is 0 Å². The van der Waals surface area contributed by atoms with Gasteiger partial charge in [0.05, 0.1) is 25.3 Å². The lowest BCUT2D eigenvalue weighted by atomic mass is 10.0. The van der Waals surface area contributed by atoms with Crippen LogP contribution in [0.2, 0.25) is 0 Å². The van der Waals surface area contributed by atoms with E-state index >= 15 is 0 Å². The van der Waals surface area contributed by atoms with Crippen molar-refractivity contribution >= 4 is 5.78 Å². The lowest BCUT2D eigenvalue weighted by Gasteiger charge is -2.10. The highest BCUT2D eigenvalue weighted by Crippen LogP contribution is 2.25. The van der Waals surface area contributed by atoms with E-state index in [2.05, 4.69) is 0 Å². The number of hydrogen-bond acceptors (Lipinski definition) is 3. The highest BCUT2D eigenvalue weighted by molar-refractivity contribution is 6.11. The summed E-state index contributed by atoms with van der Waals surface area (Å²) in [5, 5.41) is 0. The van der Waals surface area contributed by atoms with Crippen LogP contribution in [0.5, 0.6) is 11.5 Å². The molecule has 2 aromatic carbocycles. The molecule has 104 valence electrons. The molecule has 0 saturated carbocycles. The summed E-state index contributed by atoms with van der Waals surface area (Å²) in [6.45, 7) is 1.89. The Morgan fingerprint density at radius 2 is 1.70 bits per heavy atom. The monoisotopic (exact) mass is 274 g/mol. The minimum Gasteiger partial charge on any atom is -0.497 e. The van der Waals surface area contributed by atoms with Gasteiger partial charge in [-0.05, 0) is 36.8 Å². The van der Waals surface area contributed by atoms with Crippen molar-refractivity contribution in [3.8, 4) is 11.5 Å². The first-order valence-electron chi connectivity index (χ1n) is 6.09. The molecular weight excluding hydrogens is 259 g/mol. The maximum atomic E-state index is 13.9. The highest BCUT2D eigenvalue weighted by atomic mass is 19.1. The molecule has 0 unspecified atom stereocenters. The first-order chi connectivity index (χ1) is 9.56. The third-order valence-electron chi connectivity index (χ3n) is 3.02. The van der Waals surface area contributed by atoms with Crippen molar-refractivity contribution in [3.05, 3.63) is 58.9 Å². The molecule has 0 amide bonds. The Kier molecular flexibility index (Phi) is 4.03. The van der Waals surface area contributed by atoms with Gasteiger partial charge in [0, 0.05) is 6.07 Å². The van der Waals surface area contributed by atoms with Crippen molar-refractivity contribution in [2.24, 2.45) is 0 Å². The molecule has 4 heteroatoms. The summed E-state index contributed by atoms with van der Waals surface area (Å²) >= 11 is 0. The summed E-state index contributed by atoms with van der Waals surface area (Å²) in [6.07, 6.45) is 0. The SMILES string of the molecule is COc1ccc(C(=O)c2ccc(C)cc2OC)c(F)c1. The molecule has 0 bridgehead atoms. The normalized spacial score (nSPS) is 10.2. The van der Waals surface area contributed by atoms with Crippen molar-refractivity contribution < 1.29 is 18.7 Å². The van der Waals surface area contributed by atoms with Crippen molar-refractivity contribution in [1.29, 1.82) is 0 Å². The predicted molar refractivity (Wildman–Crippen MR) is 74.1 cm³/mol. The minimum atomic E-state index is -0.614. The summed E-state index contributed by atoms with van der Waals surface area (Å²) in [5.74, 6) is -0.223. The van der Waals surface area contributed by atoms with Crippen molar-refractivity contribution in [2.45, 2.75) is 6.92 Å². The van der Waals surface area contributed by atoms with Gasteiger partial charge in [0.15, 0.2) is 5.78 Å². The van der Waals surface area contributed by atoms with Crippen LogP contribution in [-0.2, 0) is 0 Å². The molecule has 0 N–H and O–H groups in total. The number of ketones is 1. The molecule has 2 aromatic rings. The first-order valence-corrected chi connectivity index (χ1v) is 6.09. The van der Waals surface area contributed by atoms with E-state index in [4.69, 9.17) is 9.47 Å². The minimum absolute atomic E-state index is 0.00652. The van der Waals surface area contributed by atoms with Crippen LogP contribution >= 0.6 is 0 Å². The Balaban J connectivity index is 2.46. The van der Waals surface area contributed by atoms with E-state index in [1.54, 1.807) is 24.3 Å². The highest BCUT2D eigenvalue weighted by Gasteiger charge is 2.18. The van der Waals surface area contributed by atoms with Crippen LogP contribution in [0.25, 0.3) is 0 Å². The Morgan fingerprint density at radius 1 is 1.00 bits per heavy atom. The average molecular weight is 274 g/mol. The third-order valence-corrected chi connectivity index (χ3v) is 3.02. The molecule has 2 rings (SSSR count). The molecule has 0 aromatic heterocycles. The Morgan fingerprint density at radius 3 is 2.30 bits per heavy atom. The second-order valence-electron chi connectivity index (χ2n) is 4.38. The largest absolute Gasteiger partial charge is 0.497 e. The smallest absolute Gasteiger partial charge is 0.199 e. The quantitative estimate of drug-likeness (QED) is 0.802. The van der Waals surface area contributed by atoms with Gasteiger partial charge in [0.2, 0.25) is 0 Å². The zero-order chi connectivity index (χ0) is 14.7. The third kappa shape index (κ3) is 2.64. The first kappa shape index (κ1) is 14.1. The van der Waals surface area contributed by atoms with Gasteiger partial charge in [-0.3, -0.25) is 4.79 Å². The van der Waals surface area contributed by atoms with E-state index in [0.717, 1.165) is 5.56 Å². The van der Waals surface area contributed by atoms with Crippen LogP contribution in [0.4, 0.5) is 4.39 Å². The topological polar surface area (TPSA) is 35.5 Å². The fourth-order valence-electron chi connectivity index (χ4n) is 1.94. The molecule has 0 heterocycles. The van der Waals surface area contributed by atoms with E-state index < -0.39 is 11.6 Å². The van der Waals surface area contributed by atoms with Gasteiger partial charge < -0.3 is 9.47 Å². The Bertz CT molecular complexity index is 650. The number of aryl methyl sites for hydroxylation is 1. The molecule has 0 aliphatic carbocycles. The predicted octanol–water partition coefficient (Wildman–Crippen LogP) is 3.38. The number of hydrogen-bond donors (Lipinski definition) is 0. The van der Waals surface area contributed by atoms with Crippen LogP contribution in [0.15, 0.2) is 36.4 Å². The summed E-state index contributed by atoms with van der Waals surface area (Å²) in [6, 6.07) is 9.33. The zero-order valence-corrected chi connectivity index (χ0v) is 11.6. The summed E-state index contributed by atoms with van der Waals surface area (Å²) in [5.41, 5.74) is 1.30. The molecule has 20 heavy (non-hydrogen) atoms. The molecule has 0 atom stereocenters.